The molecule has 2 rings (SSSR count). The lowest BCUT2D eigenvalue weighted by molar-refractivity contribution is -0.140. The molecule has 0 saturated heterocycles. The van der Waals surface area contributed by atoms with E-state index in [4.69, 9.17) is 9.84 Å². The molecule has 0 aromatic heterocycles. The first-order chi connectivity index (χ1) is 7.86. The molecular weight excluding hydrogens is 240 g/mol. The molecule has 1 aromatic rings. The molecule has 0 atom stereocenters. The molecule has 6 heteroatoms. The van der Waals surface area contributed by atoms with E-state index in [0.717, 1.165) is 12.1 Å². The molecule has 2 nitrogen and oxygen atoms in total. The van der Waals surface area contributed by atoms with Crippen molar-refractivity contribution in [3.63, 3.8) is 0 Å². The van der Waals surface area contributed by atoms with Crippen molar-refractivity contribution in [3.8, 4) is 5.75 Å². The molecule has 17 heavy (non-hydrogen) atoms. The summed E-state index contributed by atoms with van der Waals surface area (Å²) in [7, 11) is 0. The number of halogens is 4. The Bertz CT molecular complexity index is 410. The van der Waals surface area contributed by atoms with Crippen molar-refractivity contribution in [2.24, 2.45) is 0 Å². The second-order valence-corrected chi connectivity index (χ2v) is 4.00. The molecule has 1 fully saturated rings. The van der Waals surface area contributed by atoms with E-state index in [9.17, 15) is 17.6 Å². The fourth-order valence-electron chi connectivity index (χ4n) is 1.62. The number of aliphatic hydroxyl groups is 1. The lowest BCUT2D eigenvalue weighted by Crippen LogP contribution is -2.37. The van der Waals surface area contributed by atoms with E-state index in [1.807, 2.05) is 0 Å². The Labute approximate surface area is 94.8 Å². The molecule has 0 heterocycles. The maximum Gasteiger partial charge on any atom is 0.419 e. The SMILES string of the molecule is OC1CC(Oc2ccc(F)c(C(F)(F)F)c2)C1. The van der Waals surface area contributed by atoms with Crippen molar-refractivity contribution in [1.29, 1.82) is 0 Å². The summed E-state index contributed by atoms with van der Waals surface area (Å²) < 4.78 is 55.3. The van der Waals surface area contributed by atoms with Crippen LogP contribution >= 0.6 is 0 Å². The van der Waals surface area contributed by atoms with E-state index in [1.165, 1.54) is 0 Å². The van der Waals surface area contributed by atoms with E-state index < -0.39 is 23.7 Å². The van der Waals surface area contributed by atoms with Crippen LogP contribution in [-0.4, -0.2) is 17.3 Å². The molecule has 1 N–H and O–H groups in total. The molecule has 1 aromatic carbocycles. The molecule has 0 spiro atoms. The molecule has 0 amide bonds. The summed E-state index contributed by atoms with van der Waals surface area (Å²) in [5.41, 5.74) is -1.34. The Balaban J connectivity index is 2.14. The minimum atomic E-state index is -4.73. The van der Waals surface area contributed by atoms with Gasteiger partial charge in [-0.05, 0) is 18.2 Å². The van der Waals surface area contributed by atoms with Crippen molar-refractivity contribution in [1.82, 2.24) is 0 Å². The second-order valence-electron chi connectivity index (χ2n) is 4.00. The van der Waals surface area contributed by atoms with Gasteiger partial charge >= 0.3 is 6.18 Å². The van der Waals surface area contributed by atoms with Crippen LogP contribution in [-0.2, 0) is 6.18 Å². The maximum absolute atomic E-state index is 12.9. The van der Waals surface area contributed by atoms with E-state index in [0.29, 0.717) is 18.9 Å². The van der Waals surface area contributed by atoms with Gasteiger partial charge in [-0.15, -0.1) is 0 Å². The Morgan fingerprint density at radius 3 is 2.41 bits per heavy atom. The number of ether oxygens (including phenoxy) is 1. The summed E-state index contributed by atoms with van der Waals surface area (Å²) in [5, 5.41) is 9.00. The Hall–Kier alpha value is -1.30. The molecule has 1 aliphatic rings. The highest BCUT2D eigenvalue weighted by Crippen LogP contribution is 2.34. The number of alkyl halides is 3. The van der Waals surface area contributed by atoms with Gasteiger partial charge in [-0.2, -0.15) is 13.2 Å². The van der Waals surface area contributed by atoms with Gasteiger partial charge in [0, 0.05) is 12.8 Å². The average Bonchev–Trinajstić information content (AvgIpc) is 2.16. The summed E-state index contributed by atoms with van der Waals surface area (Å²) in [6, 6.07) is 2.52. The first-order valence-corrected chi connectivity index (χ1v) is 5.07. The van der Waals surface area contributed by atoms with Gasteiger partial charge in [0.25, 0.3) is 0 Å². The van der Waals surface area contributed by atoms with Crippen molar-refractivity contribution in [2.75, 3.05) is 0 Å². The van der Waals surface area contributed by atoms with Gasteiger partial charge in [0.15, 0.2) is 0 Å². The number of benzene rings is 1. The topological polar surface area (TPSA) is 29.5 Å². The van der Waals surface area contributed by atoms with Gasteiger partial charge in [-0.25, -0.2) is 4.39 Å². The fraction of sp³-hybridized carbons (Fsp3) is 0.455. The lowest BCUT2D eigenvalue weighted by atomic mass is 9.92. The monoisotopic (exact) mass is 250 g/mol. The van der Waals surface area contributed by atoms with Crippen LogP contribution in [0.1, 0.15) is 18.4 Å². The summed E-state index contributed by atoms with van der Waals surface area (Å²) >= 11 is 0. The predicted octanol–water partition coefficient (Wildman–Crippen LogP) is 2.75. The van der Waals surface area contributed by atoms with Gasteiger partial charge in [-0.3, -0.25) is 0 Å². The zero-order valence-corrected chi connectivity index (χ0v) is 8.67. The predicted molar refractivity (Wildman–Crippen MR) is 51.1 cm³/mol. The average molecular weight is 250 g/mol. The number of aliphatic hydroxyl groups excluding tert-OH is 1. The molecule has 0 aliphatic heterocycles. The number of hydrogen-bond acceptors (Lipinski definition) is 2. The summed E-state index contributed by atoms with van der Waals surface area (Å²) in [4.78, 5) is 0. The summed E-state index contributed by atoms with van der Waals surface area (Å²) in [6.45, 7) is 0. The van der Waals surface area contributed by atoms with Crippen LogP contribution in [0, 0.1) is 5.82 Å². The Morgan fingerprint density at radius 2 is 1.88 bits per heavy atom. The normalized spacial score (nSPS) is 24.3. The third-order valence-corrected chi connectivity index (χ3v) is 2.62. The van der Waals surface area contributed by atoms with Crippen LogP contribution in [0.4, 0.5) is 17.6 Å². The Kier molecular flexibility index (Phi) is 2.99. The molecule has 1 aliphatic carbocycles. The van der Waals surface area contributed by atoms with Crippen LogP contribution in [0.3, 0.4) is 0 Å². The molecule has 0 bridgehead atoms. The van der Waals surface area contributed by atoms with Crippen molar-refractivity contribution in [2.45, 2.75) is 31.2 Å². The van der Waals surface area contributed by atoms with Gasteiger partial charge in [-0.1, -0.05) is 0 Å². The molecule has 1 saturated carbocycles. The van der Waals surface area contributed by atoms with Gasteiger partial charge < -0.3 is 9.84 Å². The standard InChI is InChI=1S/C11H10F4O2/c12-10-2-1-7(5-9(10)11(13,14)15)17-8-3-6(16)4-8/h1-2,5-6,8,16H,3-4H2. The number of rotatable bonds is 2. The van der Waals surface area contributed by atoms with Crippen LogP contribution in [0.5, 0.6) is 5.75 Å². The first kappa shape index (κ1) is 12.2. The second kappa shape index (κ2) is 4.18. The molecule has 0 unspecified atom stereocenters. The molecular formula is C11H10F4O2. The highest BCUT2D eigenvalue weighted by atomic mass is 19.4. The largest absolute Gasteiger partial charge is 0.490 e. The van der Waals surface area contributed by atoms with Crippen molar-refractivity contribution >= 4 is 0 Å². The zero-order valence-electron chi connectivity index (χ0n) is 8.67. The highest BCUT2D eigenvalue weighted by molar-refractivity contribution is 5.32. The van der Waals surface area contributed by atoms with Gasteiger partial charge in [0.2, 0.25) is 0 Å². The minimum Gasteiger partial charge on any atom is -0.490 e. The van der Waals surface area contributed by atoms with Crippen LogP contribution < -0.4 is 4.74 Å². The van der Waals surface area contributed by atoms with E-state index in [-0.39, 0.29) is 11.9 Å². The van der Waals surface area contributed by atoms with E-state index >= 15 is 0 Å². The van der Waals surface area contributed by atoms with Gasteiger partial charge in [0.05, 0.1) is 11.7 Å². The van der Waals surface area contributed by atoms with Crippen molar-refractivity contribution < 1.29 is 27.4 Å². The summed E-state index contributed by atoms with van der Waals surface area (Å²) in [5.74, 6) is -1.35. The summed E-state index contributed by atoms with van der Waals surface area (Å²) in [6.07, 6.45) is -4.71. The van der Waals surface area contributed by atoms with Crippen molar-refractivity contribution in [3.05, 3.63) is 29.6 Å². The molecule has 0 radical (unpaired) electrons. The quantitative estimate of drug-likeness (QED) is 0.818. The fourth-order valence-corrected chi connectivity index (χ4v) is 1.62. The minimum absolute atomic E-state index is 0.0318. The maximum atomic E-state index is 12.9. The highest BCUT2D eigenvalue weighted by Gasteiger charge is 2.35. The van der Waals surface area contributed by atoms with Crippen LogP contribution in [0.15, 0.2) is 18.2 Å². The van der Waals surface area contributed by atoms with Crippen LogP contribution in [0.2, 0.25) is 0 Å². The molecule has 94 valence electrons. The van der Waals surface area contributed by atoms with E-state index in [1.54, 1.807) is 0 Å². The lowest BCUT2D eigenvalue weighted by Gasteiger charge is -2.31. The van der Waals surface area contributed by atoms with E-state index in [2.05, 4.69) is 0 Å². The first-order valence-electron chi connectivity index (χ1n) is 5.07. The zero-order chi connectivity index (χ0) is 12.6. The third-order valence-electron chi connectivity index (χ3n) is 2.62. The third kappa shape index (κ3) is 2.69. The number of hydrogen-bond donors (Lipinski definition) is 1. The Morgan fingerprint density at radius 1 is 1.24 bits per heavy atom. The smallest absolute Gasteiger partial charge is 0.419 e. The van der Waals surface area contributed by atoms with Gasteiger partial charge in [0.1, 0.15) is 17.7 Å². The van der Waals surface area contributed by atoms with Crippen LogP contribution in [0.25, 0.3) is 0 Å².